The molecule has 39 heavy (non-hydrogen) atoms. The first kappa shape index (κ1) is 28.2. The van der Waals surface area contributed by atoms with E-state index in [-0.39, 0.29) is 11.6 Å². The Labute approximate surface area is 226 Å². The molecule has 1 fully saturated rings. The average molecular weight is 587 g/mol. The van der Waals surface area contributed by atoms with Gasteiger partial charge in [0.05, 0.1) is 28.0 Å². The van der Waals surface area contributed by atoms with Crippen LogP contribution < -0.4 is 10.6 Å². The summed E-state index contributed by atoms with van der Waals surface area (Å²) in [5.74, 6) is -3.41. The van der Waals surface area contributed by atoms with Gasteiger partial charge in [0.1, 0.15) is 5.82 Å². The van der Waals surface area contributed by atoms with E-state index in [0.29, 0.717) is 53.3 Å². The number of aromatic nitrogens is 4. The minimum Gasteiger partial charge on any atom is -0.475 e. The maximum Gasteiger partial charge on any atom is 0.490 e. The molecule has 4 aromatic rings. The number of carbonyl (C=O) groups excluding carboxylic acids is 1. The number of nitrogens with one attached hydrogen (secondary N) is 3. The van der Waals surface area contributed by atoms with E-state index in [4.69, 9.17) is 26.2 Å². The van der Waals surface area contributed by atoms with Gasteiger partial charge in [-0.1, -0.05) is 11.6 Å². The van der Waals surface area contributed by atoms with Crippen molar-refractivity contribution in [2.24, 2.45) is 0 Å². The summed E-state index contributed by atoms with van der Waals surface area (Å²) in [6.07, 6.45) is -2.01. The highest BCUT2D eigenvalue weighted by atomic mass is 35.5. The zero-order chi connectivity index (χ0) is 28.2. The number of aliphatic carboxylic acids is 1. The Kier molecular flexibility index (Phi) is 8.62. The summed E-state index contributed by atoms with van der Waals surface area (Å²) < 4.78 is 55.7. The Bertz CT molecular complexity index is 1490. The number of alkyl halides is 3. The Morgan fingerprint density at radius 1 is 1.18 bits per heavy atom. The molecule has 0 saturated carbocycles. The third-order valence-electron chi connectivity index (χ3n) is 5.49. The van der Waals surface area contributed by atoms with Crippen LogP contribution in [0.5, 0.6) is 0 Å². The number of aromatic amines is 1. The summed E-state index contributed by atoms with van der Waals surface area (Å²) in [4.78, 5) is 26.0. The van der Waals surface area contributed by atoms with Crippen molar-refractivity contribution in [3.8, 4) is 11.4 Å². The molecule has 10 nitrogen and oxygen atoms in total. The lowest BCUT2D eigenvalue weighted by Gasteiger charge is -2.23. The quantitative estimate of drug-likeness (QED) is 0.235. The molecule has 1 aliphatic heterocycles. The lowest BCUT2D eigenvalue weighted by molar-refractivity contribution is -0.192. The smallest absolute Gasteiger partial charge is 0.475 e. The molecule has 1 aliphatic rings. The number of halogens is 5. The topological polar surface area (TPSA) is 142 Å². The Morgan fingerprint density at radius 2 is 1.90 bits per heavy atom. The predicted molar refractivity (Wildman–Crippen MR) is 135 cm³/mol. The molecule has 2 aromatic heterocycles. The molecular weight excluding hydrogens is 568 g/mol. The monoisotopic (exact) mass is 586 g/mol. The van der Waals surface area contributed by atoms with Crippen LogP contribution in [0.3, 0.4) is 0 Å². The molecule has 1 amide bonds. The van der Waals surface area contributed by atoms with Crippen molar-refractivity contribution in [2.45, 2.75) is 25.1 Å². The molecule has 0 spiro atoms. The summed E-state index contributed by atoms with van der Waals surface area (Å²) in [6.45, 7) is 1.17. The van der Waals surface area contributed by atoms with Gasteiger partial charge in [0.15, 0.2) is 5.82 Å². The lowest BCUT2D eigenvalue weighted by atomic mass is 10.1. The third kappa shape index (κ3) is 6.99. The molecule has 0 unspecified atom stereocenters. The first-order valence-corrected chi connectivity index (χ1v) is 12.4. The zero-order valence-corrected chi connectivity index (χ0v) is 21.3. The standard InChI is InChI=1S/C21H18ClFN6O2S.C2HF3O2/c22-18-14-10-24-28-16(14)3-4-17(18)26-21-27-19(29-32-21)11-1-2-15(23)13(9-11)20(30)25-12-5-7-31-8-6-12;3-2(4,5)1(6)7/h1-4,9-10,12H,5-8H2,(H,24,28)(H,25,30)(H,26,27,29);(H,6,7). The van der Waals surface area contributed by atoms with Crippen molar-refractivity contribution in [3.05, 3.63) is 52.9 Å². The summed E-state index contributed by atoms with van der Waals surface area (Å²) in [7, 11) is 0. The van der Waals surface area contributed by atoms with Crippen LogP contribution in [0.1, 0.15) is 23.2 Å². The number of benzene rings is 2. The highest BCUT2D eigenvalue weighted by Crippen LogP contribution is 2.33. The maximum atomic E-state index is 14.4. The van der Waals surface area contributed by atoms with E-state index in [1.165, 1.54) is 12.1 Å². The first-order valence-electron chi connectivity index (χ1n) is 11.2. The van der Waals surface area contributed by atoms with Gasteiger partial charge < -0.3 is 20.5 Å². The van der Waals surface area contributed by atoms with Gasteiger partial charge in [0.2, 0.25) is 5.13 Å². The van der Waals surface area contributed by atoms with Crippen molar-refractivity contribution < 1.29 is 37.0 Å². The number of carboxylic acid groups (broad SMARTS) is 1. The molecule has 16 heteroatoms. The highest BCUT2D eigenvalue weighted by Gasteiger charge is 2.38. The van der Waals surface area contributed by atoms with Crippen molar-refractivity contribution in [2.75, 3.05) is 18.5 Å². The fourth-order valence-corrected chi connectivity index (χ4v) is 4.39. The number of fused-ring (bicyclic) bond motifs is 1. The van der Waals surface area contributed by atoms with Crippen LogP contribution in [0.4, 0.5) is 28.4 Å². The molecule has 0 bridgehead atoms. The Hall–Kier alpha value is -3.82. The molecule has 2 aromatic carbocycles. The van der Waals surface area contributed by atoms with Gasteiger partial charge in [-0.25, -0.2) is 9.18 Å². The van der Waals surface area contributed by atoms with Crippen LogP contribution in [0.25, 0.3) is 22.3 Å². The van der Waals surface area contributed by atoms with E-state index in [1.54, 1.807) is 12.3 Å². The number of anilines is 2. The van der Waals surface area contributed by atoms with Crippen LogP contribution in [0, 0.1) is 5.82 Å². The van der Waals surface area contributed by atoms with E-state index in [9.17, 15) is 22.4 Å². The SMILES string of the molecule is O=C(NC1CCOCC1)c1cc(-c2nsc(Nc3ccc4[nH]ncc4c3Cl)n2)ccc1F.O=C(O)C(F)(F)F. The average Bonchev–Trinajstić information content (AvgIpc) is 3.57. The molecule has 1 saturated heterocycles. The summed E-state index contributed by atoms with van der Waals surface area (Å²) >= 11 is 7.59. The molecule has 3 heterocycles. The summed E-state index contributed by atoms with van der Waals surface area (Å²) in [6, 6.07) is 7.94. The molecule has 5 rings (SSSR count). The Balaban J connectivity index is 0.000000448. The number of nitrogens with zero attached hydrogens (tertiary/aromatic N) is 3. The summed E-state index contributed by atoms with van der Waals surface area (Å²) in [5, 5.41) is 21.8. The fraction of sp³-hybridized carbons (Fsp3) is 0.261. The van der Waals surface area contributed by atoms with Gasteiger partial charge in [-0.2, -0.15) is 27.6 Å². The molecule has 0 radical (unpaired) electrons. The second-order valence-corrected chi connectivity index (χ2v) is 9.29. The number of rotatable bonds is 5. The van der Waals surface area contributed by atoms with Crippen molar-refractivity contribution in [1.82, 2.24) is 24.9 Å². The number of ether oxygens (including phenoxy) is 1. The highest BCUT2D eigenvalue weighted by molar-refractivity contribution is 7.10. The van der Waals surface area contributed by atoms with E-state index in [0.717, 1.165) is 22.4 Å². The van der Waals surface area contributed by atoms with Crippen molar-refractivity contribution >= 4 is 56.7 Å². The van der Waals surface area contributed by atoms with Gasteiger partial charge in [-0.3, -0.25) is 9.89 Å². The molecule has 206 valence electrons. The minimum absolute atomic E-state index is 0.0233. The molecule has 0 atom stereocenters. The lowest BCUT2D eigenvalue weighted by Crippen LogP contribution is -2.39. The van der Waals surface area contributed by atoms with Crippen LogP contribution in [-0.2, 0) is 9.53 Å². The zero-order valence-electron chi connectivity index (χ0n) is 19.7. The third-order valence-corrected chi connectivity index (χ3v) is 6.53. The maximum absolute atomic E-state index is 14.4. The van der Waals surface area contributed by atoms with E-state index in [1.807, 2.05) is 12.1 Å². The van der Waals surface area contributed by atoms with E-state index >= 15 is 0 Å². The number of carboxylic acids is 1. The van der Waals surface area contributed by atoms with Gasteiger partial charge in [-0.15, -0.1) is 0 Å². The largest absolute Gasteiger partial charge is 0.490 e. The number of amides is 1. The minimum atomic E-state index is -5.08. The molecule has 0 aliphatic carbocycles. The molecular formula is C23H19ClF4N6O4S. The summed E-state index contributed by atoms with van der Waals surface area (Å²) in [5.41, 5.74) is 2.01. The van der Waals surface area contributed by atoms with E-state index < -0.39 is 23.9 Å². The number of hydrogen-bond donors (Lipinski definition) is 4. The van der Waals surface area contributed by atoms with E-state index in [2.05, 4.69) is 30.2 Å². The Morgan fingerprint density at radius 3 is 2.59 bits per heavy atom. The number of carbonyl (C=O) groups is 2. The number of hydrogen-bond acceptors (Lipinski definition) is 8. The van der Waals surface area contributed by atoms with Gasteiger partial charge >= 0.3 is 12.1 Å². The van der Waals surface area contributed by atoms with Crippen molar-refractivity contribution in [1.29, 1.82) is 0 Å². The first-order chi connectivity index (χ1) is 18.5. The van der Waals surface area contributed by atoms with Crippen LogP contribution in [0.15, 0.2) is 36.5 Å². The normalized spacial score (nSPS) is 14.0. The predicted octanol–water partition coefficient (Wildman–Crippen LogP) is 5.16. The second-order valence-electron chi connectivity index (χ2n) is 8.16. The van der Waals surface area contributed by atoms with Crippen LogP contribution >= 0.6 is 23.1 Å². The number of H-pyrrole nitrogens is 1. The van der Waals surface area contributed by atoms with Gasteiger partial charge in [0, 0.05) is 41.7 Å². The second kappa shape index (κ2) is 11.9. The fourth-order valence-electron chi connectivity index (χ4n) is 3.53. The van der Waals surface area contributed by atoms with Gasteiger partial charge in [-0.05, 0) is 43.2 Å². The van der Waals surface area contributed by atoms with Crippen LogP contribution in [-0.4, -0.2) is 62.0 Å². The van der Waals surface area contributed by atoms with Gasteiger partial charge in [0.25, 0.3) is 5.91 Å². The van der Waals surface area contributed by atoms with Crippen molar-refractivity contribution in [3.63, 3.8) is 0 Å². The molecule has 4 N–H and O–H groups in total. The van der Waals surface area contributed by atoms with Crippen LogP contribution in [0.2, 0.25) is 5.02 Å².